The van der Waals surface area contributed by atoms with Gasteiger partial charge in [0.2, 0.25) is 0 Å². The molecule has 0 spiro atoms. The molecule has 0 aromatic carbocycles. The number of nitrogens with one attached hydrogen (secondary N) is 1. The van der Waals surface area contributed by atoms with Crippen LogP contribution in [0.5, 0.6) is 0 Å². The van der Waals surface area contributed by atoms with E-state index >= 15 is 0 Å². The average molecular weight is 308 g/mol. The molecule has 0 saturated heterocycles. The van der Waals surface area contributed by atoms with Crippen molar-refractivity contribution in [3.05, 3.63) is 0 Å². The van der Waals surface area contributed by atoms with Crippen LogP contribution in [0, 0.1) is 0 Å². The molecular formula is C16H31F3N2. The Bertz CT molecular complexity index is 267. The van der Waals surface area contributed by atoms with Crippen molar-refractivity contribution in [3.8, 4) is 0 Å². The first kappa shape index (κ1) is 18.8. The van der Waals surface area contributed by atoms with E-state index < -0.39 is 12.7 Å². The zero-order valence-electron chi connectivity index (χ0n) is 13.5. The quantitative estimate of drug-likeness (QED) is 0.752. The molecule has 126 valence electrons. The third-order valence-corrected chi connectivity index (χ3v) is 4.25. The van der Waals surface area contributed by atoms with E-state index in [-0.39, 0.29) is 12.1 Å². The lowest BCUT2D eigenvalue weighted by Gasteiger charge is -2.39. The second-order valence-electron chi connectivity index (χ2n) is 6.21. The summed E-state index contributed by atoms with van der Waals surface area (Å²) >= 11 is 0. The van der Waals surface area contributed by atoms with Crippen molar-refractivity contribution in [2.45, 2.75) is 83.5 Å². The Morgan fingerprint density at radius 3 is 2.24 bits per heavy atom. The molecule has 0 bridgehead atoms. The van der Waals surface area contributed by atoms with E-state index in [1.165, 1.54) is 6.42 Å². The molecule has 1 saturated carbocycles. The van der Waals surface area contributed by atoms with Crippen LogP contribution in [0.25, 0.3) is 0 Å². The predicted octanol–water partition coefficient (Wildman–Crippen LogP) is 4.35. The standard InChI is InChI=1S/C16H31F3N2/c1-3-11-20-14-9-7-5-6-8-10-15(14)21(12-4-2)13-16(17,18)19/h14-15,20H,3-13H2,1-2H3. The summed E-state index contributed by atoms with van der Waals surface area (Å²) in [5.74, 6) is 0. The minimum absolute atomic E-state index is 0.0263. The number of rotatable bonds is 7. The van der Waals surface area contributed by atoms with Gasteiger partial charge >= 0.3 is 6.18 Å². The molecule has 1 aliphatic carbocycles. The molecule has 0 aromatic heterocycles. The third-order valence-electron chi connectivity index (χ3n) is 4.25. The van der Waals surface area contributed by atoms with Crippen molar-refractivity contribution in [1.82, 2.24) is 10.2 Å². The zero-order valence-corrected chi connectivity index (χ0v) is 13.5. The van der Waals surface area contributed by atoms with Crippen molar-refractivity contribution in [2.24, 2.45) is 0 Å². The van der Waals surface area contributed by atoms with E-state index in [0.717, 1.165) is 51.5 Å². The van der Waals surface area contributed by atoms with Crippen molar-refractivity contribution >= 4 is 0 Å². The monoisotopic (exact) mass is 308 g/mol. The molecule has 1 N–H and O–H groups in total. The normalized spacial score (nSPS) is 24.9. The lowest BCUT2D eigenvalue weighted by molar-refractivity contribution is -0.153. The van der Waals surface area contributed by atoms with Crippen LogP contribution in [-0.2, 0) is 0 Å². The molecule has 0 amide bonds. The number of alkyl halides is 3. The van der Waals surface area contributed by atoms with Gasteiger partial charge < -0.3 is 5.32 Å². The Morgan fingerprint density at radius 1 is 1.00 bits per heavy atom. The predicted molar refractivity (Wildman–Crippen MR) is 81.5 cm³/mol. The molecule has 0 heterocycles. The van der Waals surface area contributed by atoms with Gasteiger partial charge in [-0.05, 0) is 38.8 Å². The van der Waals surface area contributed by atoms with Gasteiger partial charge in [0.15, 0.2) is 0 Å². The van der Waals surface area contributed by atoms with Crippen LogP contribution in [0.2, 0.25) is 0 Å². The van der Waals surface area contributed by atoms with Crippen molar-refractivity contribution in [1.29, 1.82) is 0 Å². The molecule has 2 nitrogen and oxygen atoms in total. The Balaban J connectivity index is 2.78. The second kappa shape index (κ2) is 9.67. The average Bonchev–Trinajstić information content (AvgIpc) is 2.36. The maximum atomic E-state index is 12.9. The van der Waals surface area contributed by atoms with Crippen LogP contribution in [0.4, 0.5) is 13.2 Å². The molecule has 1 fully saturated rings. The molecule has 21 heavy (non-hydrogen) atoms. The fraction of sp³-hybridized carbons (Fsp3) is 1.00. The summed E-state index contributed by atoms with van der Waals surface area (Å²) in [5.41, 5.74) is 0. The van der Waals surface area contributed by atoms with Crippen LogP contribution in [0.1, 0.15) is 65.2 Å². The highest BCUT2D eigenvalue weighted by atomic mass is 19.4. The molecule has 0 aliphatic heterocycles. The van der Waals surface area contributed by atoms with Crippen molar-refractivity contribution in [3.63, 3.8) is 0 Å². The van der Waals surface area contributed by atoms with Gasteiger partial charge in [-0.25, -0.2) is 0 Å². The van der Waals surface area contributed by atoms with E-state index in [1.54, 1.807) is 4.90 Å². The van der Waals surface area contributed by atoms with Gasteiger partial charge in [0.05, 0.1) is 6.54 Å². The smallest absolute Gasteiger partial charge is 0.312 e. The summed E-state index contributed by atoms with van der Waals surface area (Å²) in [5, 5.41) is 3.50. The molecule has 5 heteroatoms. The minimum Gasteiger partial charge on any atom is -0.312 e. The molecule has 0 aromatic rings. The fourth-order valence-corrected chi connectivity index (χ4v) is 3.35. The molecular weight excluding hydrogens is 277 g/mol. The van der Waals surface area contributed by atoms with Crippen molar-refractivity contribution in [2.75, 3.05) is 19.6 Å². The Kier molecular flexibility index (Phi) is 8.64. The van der Waals surface area contributed by atoms with Gasteiger partial charge in [-0.2, -0.15) is 13.2 Å². The fourth-order valence-electron chi connectivity index (χ4n) is 3.35. The highest BCUT2D eigenvalue weighted by molar-refractivity contribution is 4.87. The highest BCUT2D eigenvalue weighted by Crippen LogP contribution is 2.26. The first-order chi connectivity index (χ1) is 9.98. The first-order valence-corrected chi connectivity index (χ1v) is 8.52. The Hall–Kier alpha value is -0.290. The SMILES string of the molecule is CCCNC1CCCCCCC1N(CCC)CC(F)(F)F. The van der Waals surface area contributed by atoms with Crippen LogP contribution < -0.4 is 5.32 Å². The zero-order chi connectivity index (χ0) is 15.7. The third kappa shape index (κ3) is 7.50. The van der Waals surface area contributed by atoms with Crippen LogP contribution >= 0.6 is 0 Å². The van der Waals surface area contributed by atoms with Gasteiger partial charge in [0.1, 0.15) is 0 Å². The summed E-state index contributed by atoms with van der Waals surface area (Å²) in [6.07, 6.45) is 4.13. The van der Waals surface area contributed by atoms with E-state index in [4.69, 9.17) is 0 Å². The van der Waals surface area contributed by atoms with Crippen molar-refractivity contribution < 1.29 is 13.2 Å². The summed E-state index contributed by atoms with van der Waals surface area (Å²) in [7, 11) is 0. The largest absolute Gasteiger partial charge is 0.401 e. The Labute approximate surface area is 127 Å². The first-order valence-electron chi connectivity index (χ1n) is 8.52. The van der Waals surface area contributed by atoms with Crippen LogP contribution in [0.15, 0.2) is 0 Å². The maximum absolute atomic E-state index is 12.9. The van der Waals surface area contributed by atoms with E-state index in [1.807, 2.05) is 6.92 Å². The number of hydrogen-bond donors (Lipinski definition) is 1. The number of hydrogen-bond acceptors (Lipinski definition) is 2. The molecule has 2 atom stereocenters. The van der Waals surface area contributed by atoms with Gasteiger partial charge in [-0.15, -0.1) is 0 Å². The van der Waals surface area contributed by atoms with Gasteiger partial charge in [-0.3, -0.25) is 4.90 Å². The van der Waals surface area contributed by atoms with E-state index in [9.17, 15) is 13.2 Å². The van der Waals surface area contributed by atoms with Gasteiger partial charge in [0.25, 0.3) is 0 Å². The van der Waals surface area contributed by atoms with Crippen LogP contribution in [0.3, 0.4) is 0 Å². The molecule has 2 unspecified atom stereocenters. The lowest BCUT2D eigenvalue weighted by atomic mass is 9.90. The number of nitrogens with zero attached hydrogens (tertiary/aromatic N) is 1. The summed E-state index contributed by atoms with van der Waals surface area (Å²) in [4.78, 5) is 1.68. The van der Waals surface area contributed by atoms with E-state index in [0.29, 0.717) is 6.54 Å². The highest BCUT2D eigenvalue weighted by Gasteiger charge is 2.36. The van der Waals surface area contributed by atoms with Gasteiger partial charge in [-0.1, -0.05) is 39.5 Å². The summed E-state index contributed by atoms with van der Waals surface area (Å²) in [6, 6.07) is 0.234. The summed E-state index contributed by atoms with van der Waals surface area (Å²) in [6.45, 7) is 4.72. The summed E-state index contributed by atoms with van der Waals surface area (Å²) < 4.78 is 38.6. The topological polar surface area (TPSA) is 15.3 Å². The van der Waals surface area contributed by atoms with Crippen LogP contribution in [-0.4, -0.2) is 42.8 Å². The van der Waals surface area contributed by atoms with E-state index in [2.05, 4.69) is 12.2 Å². The van der Waals surface area contributed by atoms with Gasteiger partial charge in [0, 0.05) is 12.1 Å². The molecule has 0 radical (unpaired) electrons. The molecule has 1 rings (SSSR count). The lowest BCUT2D eigenvalue weighted by Crippen LogP contribution is -2.53. The second-order valence-corrected chi connectivity index (χ2v) is 6.21. The molecule has 1 aliphatic rings. The minimum atomic E-state index is -4.10. The number of halogens is 3. The maximum Gasteiger partial charge on any atom is 0.401 e. The Morgan fingerprint density at radius 2 is 1.67 bits per heavy atom.